The van der Waals surface area contributed by atoms with Gasteiger partial charge in [0.25, 0.3) is 0 Å². The first kappa shape index (κ1) is 95.2. The summed E-state index contributed by atoms with van der Waals surface area (Å²) in [5.41, 5.74) is 40.4. The third-order valence-electron chi connectivity index (χ3n) is 22.9. The van der Waals surface area contributed by atoms with Crippen LogP contribution in [-0.4, -0.2) is 0 Å². The zero-order chi connectivity index (χ0) is 92.9. The monoisotopic (exact) mass is 1730 g/mol. The molecule has 20 aromatic carbocycles. The van der Waals surface area contributed by atoms with Gasteiger partial charge in [-0.05, 0) is 206 Å². The molecule has 0 N–H and O–H groups in total. The van der Waals surface area contributed by atoms with E-state index in [0.717, 1.165) is 0 Å². The van der Waals surface area contributed by atoms with Gasteiger partial charge in [0.15, 0.2) is 0 Å². The van der Waals surface area contributed by atoms with Gasteiger partial charge in [0.1, 0.15) is 0 Å². The van der Waals surface area contributed by atoms with Crippen molar-refractivity contribution in [2.75, 3.05) is 0 Å². The Morgan fingerprint density at radius 1 is 0.127 bits per heavy atom. The van der Waals surface area contributed by atoms with E-state index in [1.165, 1.54) is 178 Å². The maximum atomic E-state index is 2.21. The number of hydrogen-bond donors (Lipinski definition) is 0. The van der Waals surface area contributed by atoms with Crippen molar-refractivity contribution in [2.24, 2.45) is 0 Å². The summed E-state index contributed by atoms with van der Waals surface area (Å²) >= 11 is 0. The van der Waals surface area contributed by atoms with Gasteiger partial charge >= 0.3 is 0 Å². The molecule has 0 fully saturated rings. The van der Waals surface area contributed by atoms with Crippen LogP contribution in [0.25, 0.3) is 140 Å². The fraction of sp³-hybridized carbons (Fsp3) is 0.0597. The molecule has 0 heteroatoms. The molecule has 134 heavy (non-hydrogen) atoms. The van der Waals surface area contributed by atoms with Crippen LogP contribution in [0.5, 0.6) is 0 Å². The van der Waals surface area contributed by atoms with Gasteiger partial charge in [0.05, 0.1) is 0 Å². The summed E-state index contributed by atoms with van der Waals surface area (Å²) in [7, 11) is 0. The second-order valence-electron chi connectivity index (χ2n) is 32.9. The largest absolute Gasteiger partial charge is 0.0871 e. The summed E-state index contributed by atoms with van der Waals surface area (Å²) in [5.74, 6) is 0. The molecule has 0 aliphatic rings. The quantitative estimate of drug-likeness (QED) is 0.0960. The van der Waals surface area contributed by atoms with Crippen LogP contribution in [0.2, 0.25) is 0 Å². The SMILES string of the molecule is C/C=C/c1ccc(-c2ccccc2)cc1.C/C=C/c1ccccc1.CC=C(c1ccccc1)c1ccccc1.Cc1ccc(-c2ccc(-c3ccc(-c4ccc(-c5ccccc5)cc4)cc3)cc2)cc1.Cc1ccc(-c2ccc(-c3ccc(-c4ccccc4)cc3)cc2)cc1.Cc1ccc(-c2ccc(-c3ccccc3)cc2)cc1.Cc1ccc(-c2ccccc2)cc1.Cc1ccccc1. The Labute approximate surface area is 798 Å². The van der Waals surface area contributed by atoms with Gasteiger partial charge in [-0.2, -0.15) is 0 Å². The van der Waals surface area contributed by atoms with Gasteiger partial charge in [-0.3, -0.25) is 0 Å². The smallest absolute Gasteiger partial charge is 0.0154 e. The Morgan fingerprint density at radius 3 is 0.410 bits per heavy atom. The molecule has 0 saturated heterocycles. The van der Waals surface area contributed by atoms with E-state index in [9.17, 15) is 0 Å². The fourth-order valence-corrected chi connectivity index (χ4v) is 15.3. The maximum Gasteiger partial charge on any atom is -0.0154 e. The minimum atomic E-state index is 1.24. The van der Waals surface area contributed by atoms with Gasteiger partial charge in [-0.25, -0.2) is 0 Å². The van der Waals surface area contributed by atoms with Crippen molar-refractivity contribution in [3.05, 3.63) is 608 Å². The molecule has 20 aromatic rings. The molecular formula is C134H118. The number of benzene rings is 20. The van der Waals surface area contributed by atoms with Gasteiger partial charge in [-0.15, -0.1) is 0 Å². The van der Waals surface area contributed by atoms with E-state index in [0.29, 0.717) is 0 Å². The molecule has 0 heterocycles. The topological polar surface area (TPSA) is 0 Å². The Balaban J connectivity index is 0.000000135. The van der Waals surface area contributed by atoms with E-state index in [2.05, 4.69) is 533 Å². The molecule has 0 saturated carbocycles. The van der Waals surface area contributed by atoms with Crippen LogP contribution in [0.1, 0.15) is 70.8 Å². The van der Waals surface area contributed by atoms with E-state index < -0.39 is 0 Å². The van der Waals surface area contributed by atoms with Gasteiger partial charge in [0.2, 0.25) is 0 Å². The van der Waals surface area contributed by atoms with Gasteiger partial charge in [0, 0.05) is 0 Å². The third-order valence-corrected chi connectivity index (χ3v) is 22.9. The summed E-state index contributed by atoms with van der Waals surface area (Å²) < 4.78 is 0. The molecule has 20 rings (SSSR count). The zero-order valence-electron chi connectivity index (χ0n) is 78.3. The molecule has 654 valence electrons. The predicted octanol–water partition coefficient (Wildman–Crippen LogP) is 37.9. The Morgan fingerprint density at radius 2 is 0.254 bits per heavy atom. The highest BCUT2D eigenvalue weighted by atomic mass is 14.1. The minimum absolute atomic E-state index is 1.24. The van der Waals surface area contributed by atoms with Crippen molar-refractivity contribution in [3.63, 3.8) is 0 Å². The lowest BCUT2D eigenvalue weighted by Gasteiger charge is -2.08. The van der Waals surface area contributed by atoms with Crippen molar-refractivity contribution in [1.82, 2.24) is 0 Å². The van der Waals surface area contributed by atoms with Crippen LogP contribution in [0.3, 0.4) is 0 Å². The molecule has 0 spiro atoms. The molecule has 0 nitrogen and oxygen atoms in total. The second-order valence-corrected chi connectivity index (χ2v) is 32.9. The van der Waals surface area contributed by atoms with E-state index >= 15 is 0 Å². The summed E-state index contributed by atoms with van der Waals surface area (Å²) in [6.07, 6.45) is 10.4. The lowest BCUT2D eigenvalue weighted by atomic mass is 9.97. The third kappa shape index (κ3) is 29.8. The molecule has 0 radical (unpaired) electrons. The van der Waals surface area contributed by atoms with Crippen LogP contribution < -0.4 is 0 Å². The summed E-state index contributed by atoms with van der Waals surface area (Å²) in [5, 5.41) is 0. The van der Waals surface area contributed by atoms with E-state index in [-0.39, 0.29) is 0 Å². The molecular weight excluding hydrogens is 1610 g/mol. The summed E-state index contributed by atoms with van der Waals surface area (Å²) in [6, 6.07) is 190. The van der Waals surface area contributed by atoms with Gasteiger partial charge < -0.3 is 0 Å². The maximum absolute atomic E-state index is 2.21. The number of hydrogen-bond acceptors (Lipinski definition) is 0. The van der Waals surface area contributed by atoms with Crippen molar-refractivity contribution in [2.45, 2.75) is 55.4 Å². The molecule has 0 aromatic heterocycles. The van der Waals surface area contributed by atoms with Crippen LogP contribution in [0.15, 0.2) is 558 Å². The fourth-order valence-electron chi connectivity index (χ4n) is 15.3. The average molecular weight is 1730 g/mol. The van der Waals surface area contributed by atoms with Crippen molar-refractivity contribution < 1.29 is 0 Å². The molecule has 0 aliphatic heterocycles. The van der Waals surface area contributed by atoms with Crippen LogP contribution in [0, 0.1) is 34.6 Å². The second kappa shape index (κ2) is 51.7. The Bertz CT molecular complexity index is 6760. The van der Waals surface area contributed by atoms with Crippen molar-refractivity contribution in [1.29, 1.82) is 0 Å². The van der Waals surface area contributed by atoms with Crippen LogP contribution in [0.4, 0.5) is 0 Å². The summed E-state index contributed by atoms with van der Waals surface area (Å²) in [6.45, 7) is 16.7. The first-order valence-electron chi connectivity index (χ1n) is 46.2. The molecule has 0 bridgehead atoms. The van der Waals surface area contributed by atoms with Crippen LogP contribution in [-0.2, 0) is 0 Å². The standard InChI is InChI=1S/C31H24.C25H20.C19H16.2C15H14.C13H12.C9H10.C7H8/c1-23-7-9-25(10-8-23)27-15-17-29(18-16-27)31-21-19-30(20-22-31)28-13-11-26(12-14-28)24-5-3-2-4-6-24;1-19-7-9-21(10-8-19)23-15-17-25(18-16-23)24-13-11-22(12-14-24)20-5-3-2-4-6-20;1-15-7-9-17(10-8-15)19-13-11-18(12-14-19)16-5-3-2-4-6-16;1-2-15(13-9-5-3-6-10-13)14-11-7-4-8-12-14;1-2-6-13-9-11-15(12-10-13)14-7-4-3-5-8-14;1-11-7-9-13(10-8-11)12-5-3-2-4-6-12;1-2-6-9-7-4-3-5-8-9;1-7-5-3-2-4-6-7/h2-22H,1H3;2-18H,1H3;2-14H,1H3;2*2-12H,1H3;2-10H,1H3;2-8H,1H3;2-6H,1H3/b;;;;6-2+;;6-2+;. The highest BCUT2D eigenvalue weighted by Gasteiger charge is 2.09. The number of rotatable bonds is 15. The highest BCUT2D eigenvalue weighted by Crippen LogP contribution is 2.34. The van der Waals surface area contributed by atoms with E-state index in [1.54, 1.807) is 0 Å². The molecule has 0 amide bonds. The highest BCUT2D eigenvalue weighted by molar-refractivity contribution is 5.81. The van der Waals surface area contributed by atoms with Crippen molar-refractivity contribution >= 4 is 17.7 Å². The average Bonchev–Trinajstić information content (AvgIpc) is 0.859. The van der Waals surface area contributed by atoms with Crippen molar-refractivity contribution in [3.8, 4) is 122 Å². The Kier molecular flexibility index (Phi) is 36.7. The number of aryl methyl sites for hydroxylation is 5. The minimum Gasteiger partial charge on any atom is -0.0871 e. The lowest BCUT2D eigenvalue weighted by Crippen LogP contribution is -1.86. The normalized spacial score (nSPS) is 10.3. The molecule has 0 atom stereocenters. The zero-order valence-corrected chi connectivity index (χ0v) is 78.3. The Hall–Kier alpha value is -16.4. The molecule has 0 unspecified atom stereocenters. The van der Waals surface area contributed by atoms with Crippen LogP contribution >= 0.6 is 0 Å². The first-order valence-corrected chi connectivity index (χ1v) is 46.2. The lowest BCUT2D eigenvalue weighted by molar-refractivity contribution is 1.47. The predicted molar refractivity (Wildman–Crippen MR) is 584 cm³/mol. The van der Waals surface area contributed by atoms with Gasteiger partial charge in [-0.1, -0.05) is 598 Å². The molecule has 0 aliphatic carbocycles. The van der Waals surface area contributed by atoms with E-state index in [4.69, 9.17) is 0 Å². The van der Waals surface area contributed by atoms with E-state index in [1.807, 2.05) is 92.7 Å². The summed E-state index contributed by atoms with van der Waals surface area (Å²) in [4.78, 5) is 0. The number of allylic oxidation sites excluding steroid dienone is 3. The first-order chi connectivity index (χ1) is 65.9.